The summed E-state index contributed by atoms with van der Waals surface area (Å²) >= 11 is 0. The highest BCUT2D eigenvalue weighted by Gasteiger charge is 2.38. The van der Waals surface area contributed by atoms with Crippen LogP contribution in [0.25, 0.3) is 0 Å². The van der Waals surface area contributed by atoms with Crippen LogP contribution in [0.5, 0.6) is 0 Å². The Labute approximate surface area is 142 Å². The number of aryl methyl sites for hydroxylation is 1. The maximum absolute atomic E-state index is 13.0. The summed E-state index contributed by atoms with van der Waals surface area (Å²) in [4.78, 5) is 28.4. The van der Waals surface area contributed by atoms with Crippen LogP contribution in [-0.4, -0.2) is 48.5 Å². The van der Waals surface area contributed by atoms with Crippen LogP contribution in [0.2, 0.25) is 0 Å². The molecule has 0 unspecified atom stereocenters. The maximum atomic E-state index is 13.0. The number of hydrogen-bond donors (Lipinski definition) is 0. The van der Waals surface area contributed by atoms with Gasteiger partial charge in [-0.25, -0.2) is 4.79 Å². The van der Waals surface area contributed by atoms with Gasteiger partial charge in [-0.2, -0.15) is 0 Å². The van der Waals surface area contributed by atoms with Crippen molar-refractivity contribution in [3.8, 4) is 0 Å². The fourth-order valence-corrected chi connectivity index (χ4v) is 3.80. The Balaban J connectivity index is 1.70. The van der Waals surface area contributed by atoms with Crippen LogP contribution in [0.1, 0.15) is 50.2 Å². The summed E-state index contributed by atoms with van der Waals surface area (Å²) < 4.78 is 10.7. The number of carbonyl (C=O) groups is 2. The number of nitrogens with zero attached hydrogens (tertiary/aromatic N) is 2. The van der Waals surface area contributed by atoms with Gasteiger partial charge in [-0.05, 0) is 37.8 Å². The minimum absolute atomic E-state index is 0.0336. The molecule has 6 heteroatoms. The quantitative estimate of drug-likeness (QED) is 0.852. The van der Waals surface area contributed by atoms with E-state index in [9.17, 15) is 9.59 Å². The Morgan fingerprint density at radius 2 is 2.04 bits per heavy atom. The van der Waals surface area contributed by atoms with Crippen LogP contribution in [0, 0.1) is 5.92 Å². The van der Waals surface area contributed by atoms with E-state index in [0.717, 1.165) is 50.2 Å². The molecule has 0 aliphatic carbocycles. The molecule has 1 aromatic heterocycles. The molecule has 0 N–H and O–H groups in total. The van der Waals surface area contributed by atoms with Crippen molar-refractivity contribution in [2.24, 2.45) is 5.92 Å². The van der Waals surface area contributed by atoms with Crippen molar-refractivity contribution in [1.82, 2.24) is 9.80 Å². The fraction of sp³-hybridized carbons (Fsp3) is 0.667. The Hall–Kier alpha value is -1.98. The molecule has 2 aliphatic heterocycles. The number of ether oxygens (including phenoxy) is 1. The van der Waals surface area contributed by atoms with E-state index in [-0.39, 0.29) is 24.0 Å². The Bertz CT molecular complexity index is 598. The molecule has 0 bridgehead atoms. The second kappa shape index (κ2) is 7.28. The first-order valence-electron chi connectivity index (χ1n) is 8.86. The first-order chi connectivity index (χ1) is 11.6. The van der Waals surface area contributed by atoms with Gasteiger partial charge in [-0.1, -0.05) is 6.92 Å². The average molecular weight is 334 g/mol. The molecule has 24 heavy (non-hydrogen) atoms. The zero-order valence-electron chi connectivity index (χ0n) is 14.5. The van der Waals surface area contributed by atoms with Gasteiger partial charge in [0.1, 0.15) is 11.5 Å². The summed E-state index contributed by atoms with van der Waals surface area (Å²) in [6.07, 6.45) is 4.11. The molecule has 132 valence electrons. The van der Waals surface area contributed by atoms with Gasteiger partial charge in [-0.3, -0.25) is 4.79 Å². The third kappa shape index (κ3) is 3.28. The summed E-state index contributed by atoms with van der Waals surface area (Å²) in [6.45, 7) is 3.94. The molecule has 2 atom stereocenters. The number of amides is 2. The third-order valence-corrected chi connectivity index (χ3v) is 5.10. The molecule has 2 amide bonds. The molecule has 1 aromatic rings. The second-order valence-electron chi connectivity index (χ2n) is 6.60. The number of likely N-dealkylation sites (tertiary alicyclic amines) is 2. The predicted octanol–water partition coefficient (Wildman–Crippen LogP) is 2.98. The molecular weight excluding hydrogens is 308 g/mol. The summed E-state index contributed by atoms with van der Waals surface area (Å²) in [5.41, 5.74) is 0. The Morgan fingerprint density at radius 3 is 2.75 bits per heavy atom. The van der Waals surface area contributed by atoms with Crippen molar-refractivity contribution in [3.63, 3.8) is 0 Å². The minimum Gasteiger partial charge on any atom is -0.464 e. The van der Waals surface area contributed by atoms with Crippen molar-refractivity contribution < 1.29 is 18.7 Å². The molecule has 0 aromatic carbocycles. The standard InChI is InChI=1S/C18H26N2O4/c1-3-14-8-9-16(24-14)15-7-5-11-20(15)17(21)13-6-4-10-19(12-13)18(22)23-2/h8-9,13,15H,3-7,10-12H2,1-2H3/t13-,15+/m1/s1. The van der Waals surface area contributed by atoms with Crippen LogP contribution in [-0.2, 0) is 16.0 Å². The van der Waals surface area contributed by atoms with E-state index < -0.39 is 0 Å². The smallest absolute Gasteiger partial charge is 0.409 e. The zero-order chi connectivity index (χ0) is 17.1. The molecular formula is C18H26N2O4. The van der Waals surface area contributed by atoms with E-state index in [1.165, 1.54) is 7.11 Å². The Kier molecular flexibility index (Phi) is 5.11. The van der Waals surface area contributed by atoms with Crippen molar-refractivity contribution in [1.29, 1.82) is 0 Å². The van der Waals surface area contributed by atoms with Crippen molar-refractivity contribution in [2.45, 2.75) is 45.1 Å². The van der Waals surface area contributed by atoms with Gasteiger partial charge in [-0.15, -0.1) is 0 Å². The van der Waals surface area contributed by atoms with E-state index in [0.29, 0.717) is 13.1 Å². The van der Waals surface area contributed by atoms with E-state index in [1.807, 2.05) is 17.0 Å². The highest BCUT2D eigenvalue weighted by Crippen LogP contribution is 2.35. The fourth-order valence-electron chi connectivity index (χ4n) is 3.80. The summed E-state index contributed by atoms with van der Waals surface area (Å²) in [6, 6.07) is 4.03. The summed E-state index contributed by atoms with van der Waals surface area (Å²) in [5, 5.41) is 0. The monoisotopic (exact) mass is 334 g/mol. The van der Waals surface area contributed by atoms with Crippen LogP contribution in [0.3, 0.4) is 0 Å². The number of rotatable bonds is 3. The predicted molar refractivity (Wildman–Crippen MR) is 88.5 cm³/mol. The number of furan rings is 1. The van der Waals surface area contributed by atoms with Crippen LogP contribution >= 0.6 is 0 Å². The van der Waals surface area contributed by atoms with Crippen LogP contribution < -0.4 is 0 Å². The van der Waals surface area contributed by atoms with E-state index >= 15 is 0 Å². The van der Waals surface area contributed by atoms with E-state index in [4.69, 9.17) is 9.15 Å². The largest absolute Gasteiger partial charge is 0.464 e. The number of piperidine rings is 1. The lowest BCUT2D eigenvalue weighted by Crippen LogP contribution is -2.46. The van der Waals surface area contributed by atoms with E-state index in [2.05, 4.69) is 6.92 Å². The molecule has 6 nitrogen and oxygen atoms in total. The molecule has 2 saturated heterocycles. The zero-order valence-corrected chi connectivity index (χ0v) is 14.5. The molecule has 0 spiro atoms. The first kappa shape index (κ1) is 16.9. The SMILES string of the molecule is CCc1ccc([C@@H]2CCCN2C(=O)[C@@H]2CCCN(C(=O)OC)C2)o1. The molecule has 0 saturated carbocycles. The van der Waals surface area contributed by atoms with Gasteiger partial charge in [0.25, 0.3) is 0 Å². The number of methoxy groups -OCH3 is 1. The first-order valence-corrected chi connectivity index (χ1v) is 8.86. The van der Waals surface area contributed by atoms with Crippen molar-refractivity contribution in [3.05, 3.63) is 23.7 Å². The van der Waals surface area contributed by atoms with Gasteiger partial charge in [0.05, 0.1) is 19.1 Å². The molecule has 2 aliphatic rings. The van der Waals surface area contributed by atoms with Crippen LogP contribution in [0.4, 0.5) is 4.79 Å². The van der Waals surface area contributed by atoms with Crippen molar-refractivity contribution >= 4 is 12.0 Å². The highest BCUT2D eigenvalue weighted by atomic mass is 16.5. The van der Waals surface area contributed by atoms with Gasteiger partial charge < -0.3 is 19.0 Å². The number of hydrogen-bond acceptors (Lipinski definition) is 4. The lowest BCUT2D eigenvalue weighted by Gasteiger charge is -2.34. The minimum atomic E-state index is -0.343. The molecule has 3 rings (SSSR count). The highest BCUT2D eigenvalue weighted by molar-refractivity contribution is 5.80. The number of carbonyl (C=O) groups excluding carboxylic acids is 2. The van der Waals surface area contributed by atoms with Gasteiger partial charge in [0.15, 0.2) is 0 Å². The Morgan fingerprint density at radius 1 is 1.25 bits per heavy atom. The van der Waals surface area contributed by atoms with Gasteiger partial charge in [0, 0.05) is 26.1 Å². The molecule has 3 heterocycles. The summed E-state index contributed by atoms with van der Waals surface area (Å²) in [5.74, 6) is 1.84. The second-order valence-corrected chi connectivity index (χ2v) is 6.60. The molecule has 2 fully saturated rings. The van der Waals surface area contributed by atoms with Crippen LogP contribution in [0.15, 0.2) is 16.5 Å². The summed E-state index contributed by atoms with van der Waals surface area (Å²) in [7, 11) is 1.38. The third-order valence-electron chi connectivity index (χ3n) is 5.10. The lowest BCUT2D eigenvalue weighted by atomic mass is 9.96. The normalized spacial score (nSPS) is 24.2. The maximum Gasteiger partial charge on any atom is 0.409 e. The lowest BCUT2D eigenvalue weighted by molar-refractivity contribution is -0.138. The van der Waals surface area contributed by atoms with Crippen molar-refractivity contribution in [2.75, 3.05) is 26.7 Å². The molecule has 0 radical (unpaired) electrons. The van der Waals surface area contributed by atoms with E-state index in [1.54, 1.807) is 4.90 Å². The average Bonchev–Trinajstić information content (AvgIpc) is 3.29. The van der Waals surface area contributed by atoms with Gasteiger partial charge in [0.2, 0.25) is 5.91 Å². The topological polar surface area (TPSA) is 63.0 Å². The van der Waals surface area contributed by atoms with Gasteiger partial charge >= 0.3 is 6.09 Å².